The number of nitriles is 1. The molecule has 0 fully saturated rings. The Morgan fingerprint density at radius 1 is 0.356 bits per heavy atom. The summed E-state index contributed by atoms with van der Waals surface area (Å²) in [7, 11) is 0. The van der Waals surface area contributed by atoms with E-state index in [9.17, 15) is 9.37 Å². The van der Waals surface area contributed by atoms with E-state index < -0.39 is 0 Å². The number of para-hydroxylation sites is 3. The van der Waals surface area contributed by atoms with Crippen LogP contribution in [0.25, 0.3) is 129 Å². The van der Waals surface area contributed by atoms with Gasteiger partial charge in [-0.05, 0) is 188 Å². The molecule has 8 heteroatoms. The molecule has 0 bridgehead atoms. The van der Waals surface area contributed by atoms with E-state index in [2.05, 4.69) is 311 Å². The van der Waals surface area contributed by atoms with E-state index in [0.717, 1.165) is 101 Å². The maximum absolute atomic E-state index is 10.4. The summed E-state index contributed by atoms with van der Waals surface area (Å²) in [6, 6.07) is 99.5. The largest absolute Gasteiger partial charge is 0.311 e. The average Bonchev–Trinajstić information content (AvgIpc) is 1.58. The standard InChI is InChI=1S/C93H66BN5S2/c1-92(2,3)61-35-42-78(69(51-61)57-21-9-7-10-22-57)98-81-53-63(96-75-29-17-13-25-65(75)66-26-14-18-30-76(66)96)37-39-73(81)94-74-40-38-64(97-77-31-19-15-27-67(77)71-47-56(55-95)33-41-80(71)97)54-82(74)99(79-43-36-62(93(4,5)6)52-70(79)58-23-11-8-12-24-58)84-50-60(49-83(98)91(84)94)59-34-44-86-72(48-59)90-88(101-86)46-45-87-89(90)68-28-16-20-32-85(68)100-87/h7-54H,1-6H3/i15D,19D,27D,31D. The third kappa shape index (κ3) is 9.06. The number of rotatable bonds is 7. The van der Waals surface area contributed by atoms with Gasteiger partial charge < -0.3 is 18.9 Å². The van der Waals surface area contributed by atoms with Gasteiger partial charge in [0.1, 0.15) is 0 Å². The molecule has 0 radical (unpaired) electrons. The van der Waals surface area contributed by atoms with Crippen molar-refractivity contribution < 1.29 is 5.48 Å². The summed E-state index contributed by atoms with van der Waals surface area (Å²) in [6.07, 6.45) is 0. The van der Waals surface area contributed by atoms with Crippen LogP contribution >= 0.6 is 22.7 Å². The number of benzene rings is 14. The molecular formula is C93H66BN5S2. The lowest BCUT2D eigenvalue weighted by molar-refractivity contribution is 0.590. The summed E-state index contributed by atoms with van der Waals surface area (Å²) in [5.41, 5.74) is 23.2. The van der Waals surface area contributed by atoms with Crippen molar-refractivity contribution in [2.75, 3.05) is 9.80 Å². The number of nitrogens with zero attached hydrogens (tertiary/aromatic N) is 5. The zero-order chi connectivity index (χ0) is 71.2. The van der Waals surface area contributed by atoms with E-state index in [1.165, 1.54) is 62.2 Å². The summed E-state index contributed by atoms with van der Waals surface area (Å²) >= 11 is 3.71. The van der Waals surface area contributed by atoms with Gasteiger partial charge in [-0.25, -0.2) is 0 Å². The van der Waals surface area contributed by atoms with Crippen molar-refractivity contribution in [3.63, 3.8) is 0 Å². The van der Waals surface area contributed by atoms with Gasteiger partial charge in [0, 0.05) is 107 Å². The number of fused-ring (bicyclic) bond motifs is 17. The maximum atomic E-state index is 10.4. The minimum Gasteiger partial charge on any atom is -0.311 e. The highest BCUT2D eigenvalue weighted by atomic mass is 32.1. The van der Waals surface area contributed by atoms with Crippen molar-refractivity contribution in [2.24, 2.45) is 0 Å². The van der Waals surface area contributed by atoms with Crippen LogP contribution in [0.1, 0.15) is 63.7 Å². The van der Waals surface area contributed by atoms with Gasteiger partial charge in [0.15, 0.2) is 0 Å². The van der Waals surface area contributed by atoms with Gasteiger partial charge >= 0.3 is 0 Å². The van der Waals surface area contributed by atoms with Crippen molar-refractivity contribution >= 4 is 164 Å². The van der Waals surface area contributed by atoms with Gasteiger partial charge in [0.25, 0.3) is 6.71 Å². The predicted molar refractivity (Wildman–Crippen MR) is 433 cm³/mol. The highest BCUT2D eigenvalue weighted by Crippen LogP contribution is 2.53. The highest BCUT2D eigenvalue weighted by Gasteiger charge is 2.45. The molecule has 0 saturated carbocycles. The van der Waals surface area contributed by atoms with Crippen molar-refractivity contribution in [1.82, 2.24) is 9.13 Å². The number of aromatic nitrogens is 2. The van der Waals surface area contributed by atoms with E-state index in [4.69, 9.17) is 1.37 Å². The zero-order valence-corrected chi connectivity index (χ0v) is 58.2. The van der Waals surface area contributed by atoms with Crippen LogP contribution in [0, 0.1) is 11.3 Å². The summed E-state index contributed by atoms with van der Waals surface area (Å²) in [6.45, 7) is 13.4. The Kier molecular flexibility index (Phi) is 12.1. The monoisotopic (exact) mass is 1330 g/mol. The average molecular weight is 1330 g/mol. The Morgan fingerprint density at radius 2 is 0.851 bits per heavy atom. The molecule has 5 nitrogen and oxygen atoms in total. The second kappa shape index (κ2) is 22.1. The minimum absolute atomic E-state index is 0.154. The molecule has 14 aromatic carbocycles. The highest BCUT2D eigenvalue weighted by molar-refractivity contribution is 7.28. The Labute approximate surface area is 600 Å². The van der Waals surface area contributed by atoms with Crippen LogP contribution in [0.4, 0.5) is 34.1 Å². The first kappa shape index (κ1) is 55.2. The van der Waals surface area contributed by atoms with E-state index >= 15 is 0 Å². The minimum atomic E-state index is -0.372. The predicted octanol–water partition coefficient (Wildman–Crippen LogP) is 24.2. The zero-order valence-electron chi connectivity index (χ0n) is 60.5. The first-order chi connectivity index (χ1) is 51.0. The van der Waals surface area contributed by atoms with E-state index in [0.29, 0.717) is 33.1 Å². The van der Waals surface area contributed by atoms with Crippen molar-refractivity contribution in [2.45, 2.75) is 52.4 Å². The molecular weight excluding hydrogens is 1260 g/mol. The number of anilines is 6. The SMILES string of the molecule is [2H]c1c([2H])c([2H])c2c(c1[2H])c1cc(C#N)ccc1n2-c1ccc2c(c1)N(c1ccc(C(C)(C)C)cc1-c1ccccc1)c1cc(-c3ccc4sc5ccc6sc7ccccc7c6c5c4c3)cc3c1B2c1ccc(-n2c4ccccc4c4ccccc42)cc1N3c1ccc(C(C)(C)C)cc1-c1ccccc1. The molecule has 4 aromatic heterocycles. The Morgan fingerprint density at radius 3 is 1.43 bits per heavy atom. The molecule has 2 aliphatic rings. The lowest BCUT2D eigenvalue weighted by Crippen LogP contribution is -2.61. The van der Waals surface area contributed by atoms with Crippen LogP contribution < -0.4 is 26.2 Å². The number of thiophene rings is 2. The van der Waals surface area contributed by atoms with Crippen LogP contribution in [0.5, 0.6) is 0 Å². The summed E-state index contributed by atoms with van der Waals surface area (Å²) in [5, 5.41) is 18.8. The Hall–Kier alpha value is -11.7. The van der Waals surface area contributed by atoms with Crippen molar-refractivity contribution in [1.29, 1.82) is 5.26 Å². The summed E-state index contributed by atoms with van der Waals surface area (Å²) in [5.74, 6) is 0. The van der Waals surface area contributed by atoms with Crippen LogP contribution in [-0.4, -0.2) is 15.8 Å². The molecule has 6 heterocycles. The second-order valence-electron chi connectivity index (χ2n) is 29.2. The van der Waals surface area contributed by atoms with Gasteiger partial charge in [-0.2, -0.15) is 5.26 Å². The molecule has 0 amide bonds. The van der Waals surface area contributed by atoms with Gasteiger partial charge in [0.2, 0.25) is 0 Å². The normalized spacial score (nSPS) is 13.5. The van der Waals surface area contributed by atoms with Crippen LogP contribution in [0.15, 0.2) is 291 Å². The lowest BCUT2D eigenvalue weighted by Gasteiger charge is -2.45. The Bertz CT molecular complexity index is 6790. The molecule has 101 heavy (non-hydrogen) atoms. The fourth-order valence-electron chi connectivity index (χ4n) is 16.5. The fraction of sp³-hybridized carbons (Fsp3) is 0.0860. The molecule has 0 atom stereocenters. The first-order valence-electron chi connectivity index (χ1n) is 36.6. The molecule has 0 aliphatic carbocycles. The van der Waals surface area contributed by atoms with E-state index in [1.54, 1.807) is 12.1 Å². The molecule has 0 N–H and O–H groups in total. The molecule has 18 aromatic rings. The molecule has 0 saturated heterocycles. The second-order valence-corrected chi connectivity index (χ2v) is 31.4. The van der Waals surface area contributed by atoms with Crippen molar-refractivity contribution in [3.8, 4) is 50.8 Å². The molecule has 478 valence electrons. The number of hydrogen-bond donors (Lipinski definition) is 0. The van der Waals surface area contributed by atoms with Gasteiger partial charge in [0.05, 0.1) is 50.6 Å². The molecule has 0 spiro atoms. The maximum Gasteiger partial charge on any atom is 0.252 e. The molecule has 0 unspecified atom stereocenters. The summed E-state index contributed by atoms with van der Waals surface area (Å²) < 4.78 is 47.1. The molecule has 2 aliphatic heterocycles. The van der Waals surface area contributed by atoms with Gasteiger partial charge in [-0.1, -0.05) is 205 Å². The van der Waals surface area contributed by atoms with Gasteiger partial charge in [-0.15, -0.1) is 22.7 Å². The van der Waals surface area contributed by atoms with Crippen LogP contribution in [0.3, 0.4) is 0 Å². The quantitative estimate of drug-likeness (QED) is 0.149. The van der Waals surface area contributed by atoms with Gasteiger partial charge in [-0.3, -0.25) is 0 Å². The third-order valence-electron chi connectivity index (χ3n) is 21.3. The van der Waals surface area contributed by atoms with E-state index in [-0.39, 0.29) is 41.7 Å². The van der Waals surface area contributed by atoms with Crippen LogP contribution in [-0.2, 0) is 10.8 Å². The van der Waals surface area contributed by atoms with Crippen LogP contribution in [0.2, 0.25) is 0 Å². The lowest BCUT2D eigenvalue weighted by atomic mass is 9.33. The Balaban J connectivity index is 0.956. The smallest absolute Gasteiger partial charge is 0.252 e. The molecule has 20 rings (SSSR count). The summed E-state index contributed by atoms with van der Waals surface area (Å²) in [4.78, 5) is 5.11. The third-order valence-corrected chi connectivity index (χ3v) is 23.6. The topological polar surface area (TPSA) is 40.1 Å². The first-order valence-corrected chi connectivity index (χ1v) is 36.3. The number of hydrogen-bond acceptors (Lipinski definition) is 5. The van der Waals surface area contributed by atoms with E-state index in [1.807, 2.05) is 33.3 Å². The fourth-order valence-corrected chi connectivity index (χ4v) is 18.8. The van der Waals surface area contributed by atoms with Crippen molar-refractivity contribution in [3.05, 3.63) is 308 Å².